The van der Waals surface area contributed by atoms with Gasteiger partial charge in [-0.1, -0.05) is 24.3 Å². The van der Waals surface area contributed by atoms with Crippen LogP contribution in [-0.2, 0) is 30.0 Å². The summed E-state index contributed by atoms with van der Waals surface area (Å²) in [6.07, 6.45) is 3.24. The molecule has 4 aliphatic rings. The molecule has 1 atom stereocenters. The average molecular weight is 454 g/mol. The highest BCUT2D eigenvalue weighted by molar-refractivity contribution is 7.90. The van der Waals surface area contributed by atoms with E-state index in [2.05, 4.69) is 39.8 Å². The zero-order chi connectivity index (χ0) is 23.2. The molecule has 170 valence electrons. The van der Waals surface area contributed by atoms with E-state index in [1.54, 1.807) is 19.2 Å². The van der Waals surface area contributed by atoms with Gasteiger partial charge in [0.25, 0.3) is 0 Å². The molecule has 2 bridgehead atoms. The van der Waals surface area contributed by atoms with E-state index in [0.29, 0.717) is 4.90 Å². The maximum Gasteiger partial charge on any atom is 0.462 e. The van der Waals surface area contributed by atoms with E-state index in [1.807, 2.05) is 24.3 Å². The standard InChI is InChI=1S/C25H31BO5S/c1-22(2)23(3,4)31-26(30-22)21-24(17-7-11-19(29-5)12-8-17)15-25(21,16-24)18-9-13-20(14-10-18)32(6,27)28/h7-14,21H,15-16H2,1-6H3. The number of benzene rings is 2. The Morgan fingerprint density at radius 3 is 1.69 bits per heavy atom. The summed E-state index contributed by atoms with van der Waals surface area (Å²) in [5.74, 6) is 1.01. The summed E-state index contributed by atoms with van der Waals surface area (Å²) in [5, 5.41) is 0. The van der Waals surface area contributed by atoms with Gasteiger partial charge in [-0.3, -0.25) is 0 Å². The number of hydrogen-bond donors (Lipinski definition) is 0. The van der Waals surface area contributed by atoms with Gasteiger partial charge in [-0.15, -0.1) is 0 Å². The van der Waals surface area contributed by atoms with Crippen molar-refractivity contribution in [1.29, 1.82) is 0 Å². The maximum absolute atomic E-state index is 11.9. The van der Waals surface area contributed by atoms with Crippen molar-refractivity contribution in [3.8, 4) is 5.75 Å². The second-order valence-electron chi connectivity index (χ2n) is 10.8. The Labute approximate surface area is 191 Å². The Balaban J connectivity index is 1.53. The molecule has 3 aliphatic carbocycles. The second kappa shape index (κ2) is 6.61. The first kappa shape index (κ1) is 22.0. The molecule has 4 fully saturated rings. The van der Waals surface area contributed by atoms with E-state index >= 15 is 0 Å². The first-order valence-corrected chi connectivity index (χ1v) is 13.0. The summed E-state index contributed by atoms with van der Waals surface area (Å²) < 4.78 is 42.3. The van der Waals surface area contributed by atoms with Crippen molar-refractivity contribution in [1.82, 2.24) is 0 Å². The van der Waals surface area contributed by atoms with E-state index in [0.717, 1.165) is 18.6 Å². The Kier molecular flexibility index (Phi) is 4.55. The van der Waals surface area contributed by atoms with E-state index in [9.17, 15) is 8.42 Å². The van der Waals surface area contributed by atoms with Gasteiger partial charge in [0, 0.05) is 12.1 Å². The number of hydrogen-bond acceptors (Lipinski definition) is 5. The zero-order valence-electron chi connectivity index (χ0n) is 19.6. The van der Waals surface area contributed by atoms with Crippen molar-refractivity contribution < 1.29 is 22.5 Å². The van der Waals surface area contributed by atoms with Crippen LogP contribution in [0.2, 0.25) is 5.82 Å². The first-order valence-electron chi connectivity index (χ1n) is 11.2. The molecule has 3 saturated carbocycles. The van der Waals surface area contributed by atoms with Gasteiger partial charge in [-0.05, 0) is 86.8 Å². The van der Waals surface area contributed by atoms with Gasteiger partial charge < -0.3 is 14.0 Å². The molecule has 5 nitrogen and oxygen atoms in total. The van der Waals surface area contributed by atoms with Crippen molar-refractivity contribution in [2.24, 2.45) is 0 Å². The molecule has 32 heavy (non-hydrogen) atoms. The van der Waals surface area contributed by atoms with Crippen LogP contribution in [-0.4, -0.2) is 40.1 Å². The molecular formula is C25H31BO5S. The molecule has 1 unspecified atom stereocenters. The minimum Gasteiger partial charge on any atom is -0.497 e. The van der Waals surface area contributed by atoms with Crippen molar-refractivity contribution in [3.05, 3.63) is 59.7 Å². The topological polar surface area (TPSA) is 61.8 Å². The van der Waals surface area contributed by atoms with Crippen LogP contribution in [0.3, 0.4) is 0 Å². The quantitative estimate of drug-likeness (QED) is 0.621. The van der Waals surface area contributed by atoms with Gasteiger partial charge in [-0.25, -0.2) is 8.42 Å². The van der Waals surface area contributed by atoms with Crippen LogP contribution in [0.1, 0.15) is 51.7 Å². The third-order valence-corrected chi connectivity index (χ3v) is 9.65. The highest BCUT2D eigenvalue weighted by Crippen LogP contribution is 2.82. The average Bonchev–Trinajstić information content (AvgIpc) is 2.86. The minimum atomic E-state index is -3.22. The molecule has 1 saturated heterocycles. The molecule has 0 spiro atoms. The minimum absolute atomic E-state index is 0.0110. The van der Waals surface area contributed by atoms with Crippen LogP contribution in [0.15, 0.2) is 53.4 Å². The van der Waals surface area contributed by atoms with Gasteiger partial charge in [-0.2, -0.15) is 0 Å². The summed E-state index contributed by atoms with van der Waals surface area (Å²) in [5.41, 5.74) is 1.57. The molecule has 1 heterocycles. The predicted molar refractivity (Wildman–Crippen MR) is 125 cm³/mol. The lowest BCUT2D eigenvalue weighted by molar-refractivity contribution is -0.0843. The lowest BCUT2D eigenvalue weighted by Crippen LogP contribution is -2.76. The molecule has 0 radical (unpaired) electrons. The molecular weight excluding hydrogens is 423 g/mol. The summed E-state index contributed by atoms with van der Waals surface area (Å²) in [7, 11) is -1.87. The van der Waals surface area contributed by atoms with Crippen LogP contribution in [0.4, 0.5) is 0 Å². The third-order valence-electron chi connectivity index (χ3n) is 8.52. The van der Waals surface area contributed by atoms with Gasteiger partial charge in [0.2, 0.25) is 0 Å². The van der Waals surface area contributed by atoms with Gasteiger partial charge in [0.15, 0.2) is 9.84 Å². The largest absolute Gasteiger partial charge is 0.497 e. The highest BCUT2D eigenvalue weighted by Gasteiger charge is 2.81. The van der Waals surface area contributed by atoms with Crippen molar-refractivity contribution in [2.45, 2.75) is 73.3 Å². The summed E-state index contributed by atoms with van der Waals surface area (Å²) in [6.45, 7) is 8.35. The molecule has 6 rings (SSSR count). The Morgan fingerprint density at radius 1 is 0.844 bits per heavy atom. The van der Waals surface area contributed by atoms with E-state index < -0.39 is 21.0 Å². The van der Waals surface area contributed by atoms with Crippen LogP contribution < -0.4 is 4.74 Å². The number of ether oxygens (including phenoxy) is 1. The summed E-state index contributed by atoms with van der Waals surface area (Å²) in [6, 6.07) is 15.8. The highest BCUT2D eigenvalue weighted by atomic mass is 32.2. The first-order chi connectivity index (χ1) is 14.8. The number of methoxy groups -OCH3 is 1. The molecule has 0 amide bonds. The lowest BCUT2D eigenvalue weighted by Gasteiger charge is -2.77. The SMILES string of the molecule is COc1ccc(C23CC(c4ccc(S(C)(=O)=O)cc4)(C2)C3B2OC(C)(C)C(C)(C)O2)cc1. The molecule has 0 N–H and O–H groups in total. The normalized spacial score (nSPS) is 32.2. The molecule has 1 aliphatic heterocycles. The molecule has 2 aromatic rings. The van der Waals surface area contributed by atoms with Crippen molar-refractivity contribution in [3.63, 3.8) is 0 Å². The summed E-state index contributed by atoms with van der Waals surface area (Å²) in [4.78, 5) is 0.352. The van der Waals surface area contributed by atoms with Gasteiger partial charge in [0.05, 0.1) is 23.2 Å². The van der Waals surface area contributed by atoms with Gasteiger partial charge in [0.1, 0.15) is 5.75 Å². The van der Waals surface area contributed by atoms with E-state index in [-0.39, 0.29) is 23.8 Å². The van der Waals surface area contributed by atoms with Crippen LogP contribution in [0.25, 0.3) is 0 Å². The zero-order valence-corrected chi connectivity index (χ0v) is 20.5. The maximum atomic E-state index is 11.9. The Morgan fingerprint density at radius 2 is 1.28 bits per heavy atom. The summed E-state index contributed by atoms with van der Waals surface area (Å²) >= 11 is 0. The van der Waals surface area contributed by atoms with Crippen molar-refractivity contribution in [2.75, 3.05) is 13.4 Å². The Bertz CT molecular complexity index is 1130. The molecule has 2 aromatic carbocycles. The second-order valence-corrected chi connectivity index (χ2v) is 12.8. The molecule has 0 aromatic heterocycles. The third kappa shape index (κ3) is 2.87. The monoisotopic (exact) mass is 454 g/mol. The molecule has 7 heteroatoms. The fourth-order valence-electron chi connectivity index (χ4n) is 6.05. The fourth-order valence-corrected chi connectivity index (χ4v) is 6.68. The van der Waals surface area contributed by atoms with Crippen molar-refractivity contribution >= 4 is 17.0 Å². The number of rotatable bonds is 5. The lowest BCUT2D eigenvalue weighted by atomic mass is 9.19. The Hall–Kier alpha value is -1.83. The van der Waals surface area contributed by atoms with Crippen LogP contribution in [0, 0.1) is 0 Å². The smallest absolute Gasteiger partial charge is 0.462 e. The van der Waals surface area contributed by atoms with E-state index in [1.165, 1.54) is 17.4 Å². The van der Waals surface area contributed by atoms with Crippen LogP contribution >= 0.6 is 0 Å². The van der Waals surface area contributed by atoms with Gasteiger partial charge >= 0.3 is 7.12 Å². The van der Waals surface area contributed by atoms with E-state index in [4.69, 9.17) is 14.0 Å². The van der Waals surface area contributed by atoms with Crippen LogP contribution in [0.5, 0.6) is 5.75 Å². The number of sulfone groups is 1. The predicted octanol–water partition coefficient (Wildman–Crippen LogP) is 4.54. The fraction of sp³-hybridized carbons (Fsp3) is 0.520.